The Kier molecular flexibility index (Phi) is 3.05. The van der Waals surface area contributed by atoms with Crippen LogP contribution >= 0.6 is 0 Å². The molecule has 0 aliphatic carbocycles. The second-order valence-electron chi connectivity index (χ2n) is 4.43. The molecule has 0 aliphatic rings. The Hall–Kier alpha value is -2.31. The molecule has 0 spiro atoms. The number of hydrogen-bond donors (Lipinski definition) is 1. The van der Waals surface area contributed by atoms with Crippen molar-refractivity contribution in [2.24, 2.45) is 14.1 Å². The number of nitrogens with zero attached hydrogens (tertiary/aromatic N) is 3. The van der Waals surface area contributed by atoms with Crippen LogP contribution in [-0.2, 0) is 20.6 Å². The molecule has 0 atom stereocenters. The molecular formula is C12H15N3O4. The second-order valence-corrected chi connectivity index (χ2v) is 4.43. The van der Waals surface area contributed by atoms with Crippen molar-refractivity contribution >= 4 is 17.0 Å². The Bertz CT molecular complexity index is 779. The predicted octanol–water partition coefficient (Wildman–Crippen LogP) is 0.147. The molecule has 0 saturated heterocycles. The summed E-state index contributed by atoms with van der Waals surface area (Å²) >= 11 is 0. The number of aromatic carboxylic acids is 1. The van der Waals surface area contributed by atoms with Gasteiger partial charge >= 0.3 is 11.7 Å². The van der Waals surface area contributed by atoms with Crippen LogP contribution in [-0.4, -0.2) is 24.8 Å². The summed E-state index contributed by atoms with van der Waals surface area (Å²) in [5, 5.41) is 9.44. The van der Waals surface area contributed by atoms with E-state index in [9.17, 15) is 19.5 Å². The van der Waals surface area contributed by atoms with Crippen LogP contribution in [0.4, 0.5) is 0 Å². The van der Waals surface area contributed by atoms with Gasteiger partial charge in [-0.1, -0.05) is 6.92 Å². The van der Waals surface area contributed by atoms with Crippen LogP contribution in [0, 0.1) is 0 Å². The number of fused-ring (bicyclic) bond motifs is 1. The lowest BCUT2D eigenvalue weighted by Crippen LogP contribution is -2.37. The van der Waals surface area contributed by atoms with Gasteiger partial charge in [0.1, 0.15) is 11.3 Å². The molecule has 0 aromatic carbocycles. The van der Waals surface area contributed by atoms with E-state index in [0.29, 0.717) is 18.6 Å². The quantitative estimate of drug-likeness (QED) is 0.855. The van der Waals surface area contributed by atoms with Crippen molar-refractivity contribution in [3.8, 4) is 0 Å². The summed E-state index contributed by atoms with van der Waals surface area (Å²) in [4.78, 5) is 35.2. The first kappa shape index (κ1) is 13.1. The monoisotopic (exact) mass is 265 g/mol. The summed E-state index contributed by atoms with van der Waals surface area (Å²) < 4.78 is 3.78. The standard InChI is InChI=1S/C12H15N3O4/c1-4-5-15-8(11(17)18)6-7-9(15)13(2)12(19)14(3)10(7)16/h6H,4-5H2,1-3H3,(H,17,18). The molecule has 7 heteroatoms. The van der Waals surface area contributed by atoms with Crippen molar-refractivity contribution < 1.29 is 9.90 Å². The summed E-state index contributed by atoms with van der Waals surface area (Å²) in [5.74, 6) is -1.11. The number of rotatable bonds is 3. The van der Waals surface area contributed by atoms with E-state index in [-0.39, 0.29) is 11.1 Å². The Morgan fingerprint density at radius 2 is 1.89 bits per heavy atom. The maximum Gasteiger partial charge on any atom is 0.352 e. The SMILES string of the molecule is CCCn1c(C(=O)O)cc2c(=O)n(C)c(=O)n(C)c21. The van der Waals surface area contributed by atoms with Crippen LogP contribution in [0.3, 0.4) is 0 Å². The zero-order valence-electron chi connectivity index (χ0n) is 11.0. The van der Waals surface area contributed by atoms with Gasteiger partial charge in [0.05, 0.1) is 5.39 Å². The summed E-state index contributed by atoms with van der Waals surface area (Å²) in [6, 6.07) is 1.33. The summed E-state index contributed by atoms with van der Waals surface area (Å²) in [6.07, 6.45) is 0.702. The predicted molar refractivity (Wildman–Crippen MR) is 69.7 cm³/mol. The first-order chi connectivity index (χ1) is 8.90. The van der Waals surface area contributed by atoms with Crippen molar-refractivity contribution in [3.63, 3.8) is 0 Å². The number of carbonyl (C=O) groups is 1. The average molecular weight is 265 g/mol. The molecule has 0 radical (unpaired) electrons. The molecule has 7 nitrogen and oxygen atoms in total. The van der Waals surface area contributed by atoms with E-state index in [1.165, 1.54) is 29.3 Å². The van der Waals surface area contributed by atoms with Gasteiger partial charge in [0.2, 0.25) is 0 Å². The Morgan fingerprint density at radius 1 is 1.26 bits per heavy atom. The third-order valence-electron chi connectivity index (χ3n) is 3.16. The minimum absolute atomic E-state index is 0.0233. The average Bonchev–Trinajstić information content (AvgIpc) is 2.74. The smallest absolute Gasteiger partial charge is 0.352 e. The minimum Gasteiger partial charge on any atom is -0.477 e. The van der Waals surface area contributed by atoms with Crippen LogP contribution in [0.2, 0.25) is 0 Å². The van der Waals surface area contributed by atoms with Gasteiger partial charge in [-0.05, 0) is 12.5 Å². The molecule has 1 N–H and O–H groups in total. The normalized spacial score (nSPS) is 11.1. The molecule has 2 aromatic rings. The lowest BCUT2D eigenvalue weighted by atomic mass is 10.3. The van der Waals surface area contributed by atoms with Crippen molar-refractivity contribution in [3.05, 3.63) is 32.6 Å². The van der Waals surface area contributed by atoms with Crippen molar-refractivity contribution in [1.82, 2.24) is 13.7 Å². The van der Waals surface area contributed by atoms with Gasteiger partial charge in [0.25, 0.3) is 5.56 Å². The fraction of sp³-hybridized carbons (Fsp3) is 0.417. The van der Waals surface area contributed by atoms with E-state index >= 15 is 0 Å². The van der Waals surface area contributed by atoms with Crippen LogP contribution in [0.15, 0.2) is 15.7 Å². The molecular weight excluding hydrogens is 250 g/mol. The molecule has 2 heterocycles. The minimum atomic E-state index is -1.11. The van der Waals surface area contributed by atoms with Gasteiger partial charge in [-0.25, -0.2) is 9.59 Å². The summed E-state index contributed by atoms with van der Waals surface area (Å²) in [6.45, 7) is 2.34. The molecule has 2 rings (SSSR count). The van der Waals surface area contributed by atoms with Gasteiger partial charge in [-0.15, -0.1) is 0 Å². The van der Waals surface area contributed by atoms with Crippen LogP contribution in [0.25, 0.3) is 11.0 Å². The number of carboxylic acid groups (broad SMARTS) is 1. The van der Waals surface area contributed by atoms with Crippen LogP contribution in [0.1, 0.15) is 23.8 Å². The van der Waals surface area contributed by atoms with Gasteiger partial charge in [-0.2, -0.15) is 0 Å². The molecule has 2 aromatic heterocycles. The van der Waals surface area contributed by atoms with Crippen molar-refractivity contribution in [1.29, 1.82) is 0 Å². The first-order valence-electron chi connectivity index (χ1n) is 5.92. The molecule has 0 fully saturated rings. The fourth-order valence-corrected chi connectivity index (χ4v) is 2.27. The first-order valence-corrected chi connectivity index (χ1v) is 5.92. The number of aromatic nitrogens is 3. The molecule has 102 valence electrons. The lowest BCUT2D eigenvalue weighted by Gasteiger charge is -2.10. The molecule has 0 aliphatic heterocycles. The second kappa shape index (κ2) is 4.42. The van der Waals surface area contributed by atoms with E-state index in [1.807, 2.05) is 6.92 Å². The molecule has 0 amide bonds. The van der Waals surface area contributed by atoms with Crippen LogP contribution in [0.5, 0.6) is 0 Å². The molecule has 19 heavy (non-hydrogen) atoms. The Labute approximate surface area is 108 Å². The third-order valence-corrected chi connectivity index (χ3v) is 3.16. The van der Waals surface area contributed by atoms with Crippen molar-refractivity contribution in [2.75, 3.05) is 0 Å². The highest BCUT2D eigenvalue weighted by Crippen LogP contribution is 2.16. The lowest BCUT2D eigenvalue weighted by molar-refractivity contribution is 0.0685. The van der Waals surface area contributed by atoms with E-state index in [2.05, 4.69) is 0 Å². The van der Waals surface area contributed by atoms with Gasteiger partial charge in [-0.3, -0.25) is 13.9 Å². The topological polar surface area (TPSA) is 86.2 Å². The maximum absolute atomic E-state index is 12.0. The highest BCUT2D eigenvalue weighted by Gasteiger charge is 2.19. The van der Waals surface area contributed by atoms with Gasteiger partial charge in [0.15, 0.2) is 0 Å². The highest BCUT2D eigenvalue weighted by atomic mass is 16.4. The Balaban J connectivity index is 3.05. The zero-order chi connectivity index (χ0) is 14.3. The fourth-order valence-electron chi connectivity index (χ4n) is 2.27. The van der Waals surface area contributed by atoms with Gasteiger partial charge in [0, 0.05) is 20.6 Å². The van der Waals surface area contributed by atoms with E-state index < -0.39 is 17.2 Å². The Morgan fingerprint density at radius 3 is 2.42 bits per heavy atom. The highest BCUT2D eigenvalue weighted by molar-refractivity contribution is 5.93. The maximum atomic E-state index is 12.0. The number of aryl methyl sites for hydroxylation is 2. The van der Waals surface area contributed by atoms with Crippen molar-refractivity contribution in [2.45, 2.75) is 19.9 Å². The number of hydrogen-bond acceptors (Lipinski definition) is 3. The zero-order valence-corrected chi connectivity index (χ0v) is 11.0. The van der Waals surface area contributed by atoms with E-state index in [0.717, 1.165) is 4.57 Å². The van der Waals surface area contributed by atoms with E-state index in [1.54, 1.807) is 0 Å². The summed E-state index contributed by atoms with van der Waals surface area (Å²) in [5.41, 5.74) is -0.567. The van der Waals surface area contributed by atoms with Gasteiger partial charge < -0.3 is 9.67 Å². The summed E-state index contributed by atoms with van der Waals surface area (Å²) in [7, 11) is 2.91. The number of carboxylic acids is 1. The van der Waals surface area contributed by atoms with E-state index in [4.69, 9.17) is 0 Å². The molecule has 0 saturated carbocycles. The molecule has 0 bridgehead atoms. The van der Waals surface area contributed by atoms with Crippen LogP contribution < -0.4 is 11.2 Å². The molecule has 0 unspecified atom stereocenters. The third kappa shape index (κ3) is 1.78. The largest absolute Gasteiger partial charge is 0.477 e.